The van der Waals surface area contributed by atoms with E-state index < -0.39 is 7.14 Å². The SMILES string of the molecule is CC(=N)/N=c1/cc2c(c[nH]1)P(=O)(c1ccccc1)c1ccc(-c3nc(-c4ccccc4)nc(-c4ccc(-c5ccccc5)cc4)n3)cc1-2. The smallest absolute Gasteiger partial charge is 0.173 e. The quantitative estimate of drug-likeness (QED) is 0.116. The van der Waals surface area contributed by atoms with Crippen LogP contribution in [0, 0.1) is 5.41 Å². The summed E-state index contributed by atoms with van der Waals surface area (Å²) in [4.78, 5) is 22.3. The molecule has 5 aromatic carbocycles. The van der Waals surface area contributed by atoms with Gasteiger partial charge in [0.1, 0.15) is 11.3 Å². The number of nitrogens with zero attached hydrogens (tertiary/aromatic N) is 4. The van der Waals surface area contributed by atoms with Crippen LogP contribution in [0.5, 0.6) is 0 Å². The van der Waals surface area contributed by atoms with Crippen molar-refractivity contribution in [2.75, 3.05) is 0 Å². The van der Waals surface area contributed by atoms with Gasteiger partial charge in [0.15, 0.2) is 24.6 Å². The summed E-state index contributed by atoms with van der Waals surface area (Å²) in [5.41, 5.74) is 6.94. The molecule has 2 N–H and O–H groups in total. The van der Waals surface area contributed by atoms with Gasteiger partial charge >= 0.3 is 0 Å². The molecule has 1 aliphatic rings. The van der Waals surface area contributed by atoms with E-state index in [-0.39, 0.29) is 5.84 Å². The molecule has 48 heavy (non-hydrogen) atoms. The topological polar surface area (TPSA) is 108 Å². The Morgan fingerprint density at radius 2 is 1.06 bits per heavy atom. The van der Waals surface area contributed by atoms with Gasteiger partial charge in [0.25, 0.3) is 0 Å². The maximum Gasteiger partial charge on any atom is 0.173 e. The standard InChI is InChI=1S/C40H29N6OP/c1-26(41)43-37-24-34-33-23-31(21-22-35(33)48(47,36(34)25-42-37)32-15-9-4-10-16-32)40-45-38(29-13-7-3-8-14-29)44-39(46-40)30-19-17-28(18-20-30)27-11-5-2-6-12-27/h2-25H,1H3,(H2,41,42,43). The van der Waals surface area contributed by atoms with Crippen molar-refractivity contribution in [2.45, 2.75) is 6.92 Å². The van der Waals surface area contributed by atoms with Gasteiger partial charge in [-0.2, -0.15) is 0 Å². The fourth-order valence-electron chi connectivity index (χ4n) is 6.20. The Hall–Kier alpha value is -6.04. The van der Waals surface area contributed by atoms with E-state index in [0.717, 1.165) is 49.6 Å². The molecule has 3 heterocycles. The van der Waals surface area contributed by atoms with Crippen molar-refractivity contribution in [3.8, 4) is 56.4 Å². The number of amidine groups is 1. The molecule has 0 saturated heterocycles. The van der Waals surface area contributed by atoms with Gasteiger partial charge in [-0.05, 0) is 47.4 Å². The first-order valence-electron chi connectivity index (χ1n) is 15.6. The maximum atomic E-state index is 15.1. The summed E-state index contributed by atoms with van der Waals surface area (Å²) in [7, 11) is -3.19. The van der Waals surface area contributed by atoms with Crippen LogP contribution in [0.4, 0.5) is 0 Å². The van der Waals surface area contributed by atoms with Gasteiger partial charge in [0, 0.05) is 38.8 Å². The van der Waals surface area contributed by atoms with Crippen LogP contribution < -0.4 is 21.4 Å². The van der Waals surface area contributed by atoms with E-state index in [1.54, 1.807) is 13.1 Å². The number of aromatic amines is 1. The van der Waals surface area contributed by atoms with E-state index in [1.807, 2.05) is 115 Å². The molecule has 0 aliphatic carbocycles. The monoisotopic (exact) mass is 640 g/mol. The van der Waals surface area contributed by atoms with Crippen molar-refractivity contribution in [3.05, 3.63) is 151 Å². The fourth-order valence-corrected chi connectivity index (χ4v) is 9.19. The average Bonchev–Trinajstić information content (AvgIpc) is 3.40. The Bertz CT molecular complexity index is 2440. The van der Waals surface area contributed by atoms with Crippen LogP contribution in [0.2, 0.25) is 0 Å². The average molecular weight is 641 g/mol. The highest BCUT2D eigenvalue weighted by atomic mass is 31.2. The van der Waals surface area contributed by atoms with Gasteiger partial charge in [0.05, 0.1) is 0 Å². The lowest BCUT2D eigenvalue weighted by Crippen LogP contribution is -2.22. The fraction of sp³-hybridized carbons (Fsp3) is 0.0250. The Labute approximate surface area is 277 Å². The largest absolute Gasteiger partial charge is 0.346 e. The molecule has 8 heteroatoms. The van der Waals surface area contributed by atoms with Gasteiger partial charge < -0.3 is 9.55 Å². The van der Waals surface area contributed by atoms with E-state index in [0.29, 0.717) is 28.3 Å². The van der Waals surface area contributed by atoms with Crippen molar-refractivity contribution in [1.29, 1.82) is 5.41 Å². The van der Waals surface area contributed by atoms with Crippen molar-refractivity contribution >= 4 is 28.9 Å². The van der Waals surface area contributed by atoms with Gasteiger partial charge in [0.2, 0.25) is 0 Å². The number of nitrogens with one attached hydrogen (secondary N) is 2. The number of benzene rings is 5. The number of H-pyrrole nitrogens is 1. The van der Waals surface area contributed by atoms with Crippen LogP contribution in [-0.2, 0) is 4.57 Å². The molecule has 230 valence electrons. The van der Waals surface area contributed by atoms with Gasteiger partial charge in [-0.1, -0.05) is 121 Å². The van der Waals surface area contributed by atoms with Gasteiger partial charge in [-0.15, -0.1) is 0 Å². The summed E-state index contributed by atoms with van der Waals surface area (Å²) in [5.74, 6) is 1.81. The molecule has 0 spiro atoms. The number of fused-ring (bicyclic) bond motifs is 3. The molecule has 1 atom stereocenters. The van der Waals surface area contributed by atoms with E-state index >= 15 is 4.57 Å². The number of aromatic nitrogens is 4. The first-order chi connectivity index (χ1) is 23.5. The molecule has 0 bridgehead atoms. The lowest BCUT2D eigenvalue weighted by molar-refractivity contribution is 0.593. The predicted octanol–water partition coefficient (Wildman–Crippen LogP) is 7.39. The summed E-state index contributed by atoms with van der Waals surface area (Å²) >= 11 is 0. The highest BCUT2D eigenvalue weighted by molar-refractivity contribution is 7.86. The summed E-state index contributed by atoms with van der Waals surface area (Å²) in [6, 6.07) is 45.8. The second-order valence-corrected chi connectivity index (χ2v) is 14.3. The first kappa shape index (κ1) is 29.4. The van der Waals surface area contributed by atoms with Crippen molar-refractivity contribution < 1.29 is 4.57 Å². The minimum Gasteiger partial charge on any atom is -0.346 e. The molecular formula is C40H29N6OP. The van der Waals surface area contributed by atoms with Gasteiger partial charge in [-0.3, -0.25) is 5.41 Å². The van der Waals surface area contributed by atoms with Crippen LogP contribution in [0.1, 0.15) is 6.92 Å². The molecule has 8 rings (SSSR count). The highest BCUT2D eigenvalue weighted by Gasteiger charge is 2.40. The number of rotatable bonds is 5. The summed E-state index contributed by atoms with van der Waals surface area (Å²) < 4.78 is 15.1. The zero-order valence-corrected chi connectivity index (χ0v) is 26.9. The van der Waals surface area contributed by atoms with Crippen molar-refractivity contribution in [3.63, 3.8) is 0 Å². The van der Waals surface area contributed by atoms with Crippen LogP contribution in [0.15, 0.2) is 151 Å². The summed E-state index contributed by atoms with van der Waals surface area (Å²) in [6.07, 6.45) is 1.78. The number of pyridine rings is 1. The number of hydrogen-bond acceptors (Lipinski definition) is 5. The molecule has 0 radical (unpaired) electrons. The summed E-state index contributed by atoms with van der Waals surface area (Å²) in [6.45, 7) is 1.62. The van der Waals surface area contributed by atoms with Gasteiger partial charge in [-0.25, -0.2) is 19.9 Å². The van der Waals surface area contributed by atoms with E-state index in [9.17, 15) is 0 Å². The predicted molar refractivity (Wildman–Crippen MR) is 193 cm³/mol. The van der Waals surface area contributed by atoms with E-state index in [1.165, 1.54) is 0 Å². The molecule has 2 aromatic heterocycles. The van der Waals surface area contributed by atoms with Crippen LogP contribution in [-0.4, -0.2) is 25.8 Å². The molecule has 1 aliphatic heterocycles. The Morgan fingerprint density at radius 1 is 0.583 bits per heavy atom. The zero-order chi connectivity index (χ0) is 32.7. The number of hydrogen-bond donors (Lipinski definition) is 2. The minimum absolute atomic E-state index is 0.173. The van der Waals surface area contributed by atoms with Crippen molar-refractivity contribution in [2.24, 2.45) is 4.99 Å². The van der Waals surface area contributed by atoms with E-state index in [2.05, 4.69) is 34.2 Å². The normalized spacial score (nSPS) is 15.1. The first-order valence-corrected chi connectivity index (χ1v) is 17.3. The highest BCUT2D eigenvalue weighted by Crippen LogP contribution is 2.52. The third-order valence-electron chi connectivity index (χ3n) is 8.46. The lowest BCUT2D eigenvalue weighted by Gasteiger charge is -2.15. The molecule has 7 aromatic rings. The molecule has 0 amide bonds. The molecule has 0 saturated carbocycles. The zero-order valence-electron chi connectivity index (χ0n) is 26.0. The summed E-state index contributed by atoms with van der Waals surface area (Å²) in [5, 5.41) is 10.1. The van der Waals surface area contributed by atoms with Crippen LogP contribution in [0.25, 0.3) is 56.4 Å². The molecular weight excluding hydrogens is 611 g/mol. The van der Waals surface area contributed by atoms with Crippen molar-refractivity contribution in [1.82, 2.24) is 19.9 Å². The van der Waals surface area contributed by atoms with E-state index in [4.69, 9.17) is 20.4 Å². The second-order valence-electron chi connectivity index (χ2n) is 11.6. The molecule has 0 fully saturated rings. The Morgan fingerprint density at radius 3 is 1.69 bits per heavy atom. The Balaban J connectivity index is 1.30. The lowest BCUT2D eigenvalue weighted by atomic mass is 10.0. The molecule has 1 unspecified atom stereocenters. The second kappa shape index (κ2) is 12.0. The van der Waals surface area contributed by atoms with Crippen LogP contribution >= 0.6 is 7.14 Å². The third-order valence-corrected chi connectivity index (χ3v) is 11.6. The molecule has 7 nitrogen and oxygen atoms in total. The van der Waals surface area contributed by atoms with Crippen LogP contribution in [0.3, 0.4) is 0 Å². The maximum absolute atomic E-state index is 15.1. The Kier molecular flexibility index (Phi) is 7.32. The minimum atomic E-state index is -3.19. The third kappa shape index (κ3) is 5.20.